The highest BCUT2D eigenvalue weighted by Crippen LogP contribution is 2.08. The minimum absolute atomic E-state index is 0.0309. The van der Waals surface area contributed by atoms with E-state index in [1.54, 1.807) is 13.8 Å². The van der Waals surface area contributed by atoms with Gasteiger partial charge in [0, 0.05) is 6.54 Å². The lowest BCUT2D eigenvalue weighted by molar-refractivity contribution is -0.130. The summed E-state index contributed by atoms with van der Waals surface area (Å²) in [5, 5.41) is 5.36. The first kappa shape index (κ1) is 18.2. The van der Waals surface area contributed by atoms with Crippen molar-refractivity contribution in [3.8, 4) is 0 Å². The fourth-order valence-corrected chi connectivity index (χ4v) is 1.84. The molecule has 0 bridgehead atoms. The summed E-state index contributed by atoms with van der Waals surface area (Å²) in [6.45, 7) is 7.33. The van der Waals surface area contributed by atoms with E-state index in [0.717, 1.165) is 17.2 Å². The summed E-state index contributed by atoms with van der Waals surface area (Å²) in [5.74, 6) is -0.657. The number of amides is 2. The van der Waals surface area contributed by atoms with Gasteiger partial charge in [-0.1, -0.05) is 30.8 Å². The second-order valence-electron chi connectivity index (χ2n) is 5.56. The van der Waals surface area contributed by atoms with Crippen molar-refractivity contribution < 1.29 is 9.59 Å². The highest BCUT2D eigenvalue weighted by Gasteiger charge is 2.28. The second kappa shape index (κ2) is 7.98. The van der Waals surface area contributed by atoms with E-state index in [1.807, 2.05) is 24.3 Å². The van der Waals surface area contributed by atoms with Crippen molar-refractivity contribution in [1.29, 1.82) is 0 Å². The fraction of sp³-hybridized carbons (Fsp3) is 0.312. The van der Waals surface area contributed by atoms with Gasteiger partial charge in [0.05, 0.1) is 6.54 Å². The number of hydrogen-bond acceptors (Lipinski definition) is 3. The van der Waals surface area contributed by atoms with Gasteiger partial charge in [0.25, 0.3) is 0 Å². The number of nitrogens with two attached hydrogens (primary N) is 2. The van der Waals surface area contributed by atoms with Crippen LogP contribution in [0.2, 0.25) is 0 Å². The van der Waals surface area contributed by atoms with Gasteiger partial charge in [0.2, 0.25) is 11.8 Å². The molecule has 7 nitrogen and oxygen atoms in total. The Bertz CT molecular complexity index is 619. The van der Waals surface area contributed by atoms with Gasteiger partial charge in [-0.3, -0.25) is 9.59 Å². The van der Waals surface area contributed by atoms with Gasteiger partial charge in [0.1, 0.15) is 5.54 Å². The average Bonchev–Trinajstić information content (AvgIpc) is 2.50. The molecule has 0 fully saturated rings. The summed E-state index contributed by atoms with van der Waals surface area (Å²) >= 11 is 0. The molecule has 0 atom stereocenters. The molecule has 1 rings (SSSR count). The number of nitrogens with one attached hydrogen (secondary N) is 2. The van der Waals surface area contributed by atoms with Crippen molar-refractivity contribution in [3.63, 3.8) is 0 Å². The molecule has 0 unspecified atom stereocenters. The monoisotopic (exact) mass is 317 g/mol. The lowest BCUT2D eigenvalue weighted by atomic mass is 10.0. The third kappa shape index (κ3) is 6.21. The summed E-state index contributed by atoms with van der Waals surface area (Å²) in [6.07, 6.45) is 1.13. The van der Waals surface area contributed by atoms with Gasteiger partial charge in [-0.05, 0) is 31.1 Å². The molecule has 1 aromatic carbocycles. The molecule has 1 aromatic rings. The topological polar surface area (TPSA) is 123 Å². The number of nitrogens with zero attached hydrogens (tertiary/aromatic N) is 1. The van der Waals surface area contributed by atoms with Crippen LogP contribution < -0.4 is 22.1 Å². The van der Waals surface area contributed by atoms with E-state index in [-0.39, 0.29) is 11.9 Å². The molecule has 124 valence electrons. The number of guanidine groups is 1. The van der Waals surface area contributed by atoms with E-state index < -0.39 is 11.4 Å². The zero-order valence-electron chi connectivity index (χ0n) is 13.4. The van der Waals surface area contributed by atoms with Crippen LogP contribution in [-0.4, -0.2) is 23.3 Å². The summed E-state index contributed by atoms with van der Waals surface area (Å²) in [4.78, 5) is 27.5. The van der Waals surface area contributed by atoms with E-state index in [1.165, 1.54) is 0 Å². The van der Waals surface area contributed by atoms with Crippen molar-refractivity contribution >= 4 is 17.8 Å². The van der Waals surface area contributed by atoms with Crippen LogP contribution in [0.4, 0.5) is 0 Å². The zero-order valence-corrected chi connectivity index (χ0v) is 13.4. The zero-order chi connectivity index (χ0) is 17.5. The molecule has 0 saturated heterocycles. The predicted octanol–water partition coefficient (Wildman–Crippen LogP) is 0.157. The van der Waals surface area contributed by atoms with Crippen LogP contribution in [-0.2, 0) is 22.7 Å². The number of benzene rings is 1. The standard InChI is InChI=1S/C16H23N5O2/c1-4-13(22)21-16(2,3)14(23)19-9-11-6-5-7-12(8-11)10-20-15(17)18/h4-8H,1,9-10H2,2-3H3,(H,19,23)(H,21,22)(H4,17,18,20). The second-order valence-corrected chi connectivity index (χ2v) is 5.56. The van der Waals surface area contributed by atoms with Gasteiger partial charge in [-0.15, -0.1) is 0 Å². The first-order valence-electron chi connectivity index (χ1n) is 7.10. The number of rotatable bonds is 7. The molecular formula is C16H23N5O2. The maximum absolute atomic E-state index is 12.2. The molecule has 23 heavy (non-hydrogen) atoms. The van der Waals surface area contributed by atoms with E-state index >= 15 is 0 Å². The SMILES string of the molecule is C=CC(=O)NC(C)(C)C(=O)NCc1cccc(CN=C(N)N)c1. The van der Waals surface area contributed by atoms with Crippen LogP contribution in [0, 0.1) is 0 Å². The first-order chi connectivity index (χ1) is 10.7. The molecule has 0 saturated carbocycles. The molecule has 0 radical (unpaired) electrons. The predicted molar refractivity (Wildman–Crippen MR) is 90.2 cm³/mol. The van der Waals surface area contributed by atoms with E-state index in [4.69, 9.17) is 11.5 Å². The van der Waals surface area contributed by atoms with Gasteiger partial charge < -0.3 is 22.1 Å². The number of hydrogen-bond donors (Lipinski definition) is 4. The van der Waals surface area contributed by atoms with Crippen molar-refractivity contribution in [2.75, 3.05) is 0 Å². The molecule has 0 aromatic heterocycles. The van der Waals surface area contributed by atoms with Crippen molar-refractivity contribution in [3.05, 3.63) is 48.0 Å². The molecule has 2 amide bonds. The van der Waals surface area contributed by atoms with Crippen LogP contribution in [0.1, 0.15) is 25.0 Å². The van der Waals surface area contributed by atoms with Crippen molar-refractivity contribution in [2.45, 2.75) is 32.5 Å². The summed E-state index contributed by atoms with van der Waals surface area (Å²) < 4.78 is 0. The Hall–Kier alpha value is -2.83. The third-order valence-corrected chi connectivity index (χ3v) is 3.08. The first-order valence-corrected chi connectivity index (χ1v) is 7.10. The Kier molecular flexibility index (Phi) is 6.32. The van der Waals surface area contributed by atoms with Gasteiger partial charge >= 0.3 is 0 Å². The van der Waals surface area contributed by atoms with Gasteiger partial charge in [-0.2, -0.15) is 0 Å². The van der Waals surface area contributed by atoms with Crippen LogP contribution in [0.15, 0.2) is 41.9 Å². The summed E-state index contributed by atoms with van der Waals surface area (Å²) in [5.41, 5.74) is 11.4. The molecule has 0 aliphatic carbocycles. The highest BCUT2D eigenvalue weighted by atomic mass is 16.2. The molecule has 0 aliphatic heterocycles. The number of carbonyl (C=O) groups excluding carboxylic acids is 2. The molecule has 0 heterocycles. The fourth-order valence-electron chi connectivity index (χ4n) is 1.84. The quantitative estimate of drug-likeness (QED) is 0.325. The number of carbonyl (C=O) groups is 2. The Morgan fingerprint density at radius 3 is 2.57 bits per heavy atom. The van der Waals surface area contributed by atoms with Gasteiger partial charge in [-0.25, -0.2) is 4.99 Å². The van der Waals surface area contributed by atoms with Crippen LogP contribution >= 0.6 is 0 Å². The Morgan fingerprint density at radius 1 is 1.30 bits per heavy atom. The highest BCUT2D eigenvalue weighted by molar-refractivity contribution is 5.94. The molecule has 0 spiro atoms. The molecule has 7 heteroatoms. The minimum Gasteiger partial charge on any atom is -0.370 e. The van der Waals surface area contributed by atoms with E-state index in [2.05, 4.69) is 22.2 Å². The Labute approximate surface area is 135 Å². The minimum atomic E-state index is -1.03. The van der Waals surface area contributed by atoms with Crippen LogP contribution in [0.25, 0.3) is 0 Å². The molecule has 6 N–H and O–H groups in total. The summed E-state index contributed by atoms with van der Waals surface area (Å²) in [6, 6.07) is 7.55. The Morgan fingerprint density at radius 2 is 1.96 bits per heavy atom. The molecular weight excluding hydrogens is 294 g/mol. The lowest BCUT2D eigenvalue weighted by Gasteiger charge is -2.24. The average molecular weight is 317 g/mol. The van der Waals surface area contributed by atoms with Crippen LogP contribution in [0.5, 0.6) is 0 Å². The maximum Gasteiger partial charge on any atom is 0.245 e. The van der Waals surface area contributed by atoms with E-state index in [0.29, 0.717) is 13.1 Å². The molecule has 0 aliphatic rings. The largest absolute Gasteiger partial charge is 0.370 e. The van der Waals surface area contributed by atoms with Gasteiger partial charge in [0.15, 0.2) is 5.96 Å². The van der Waals surface area contributed by atoms with Crippen molar-refractivity contribution in [1.82, 2.24) is 10.6 Å². The van der Waals surface area contributed by atoms with E-state index in [9.17, 15) is 9.59 Å². The third-order valence-electron chi connectivity index (χ3n) is 3.08. The normalized spacial score (nSPS) is 10.5. The maximum atomic E-state index is 12.2. The van der Waals surface area contributed by atoms with Crippen molar-refractivity contribution in [2.24, 2.45) is 16.5 Å². The van der Waals surface area contributed by atoms with Crippen LogP contribution in [0.3, 0.4) is 0 Å². The smallest absolute Gasteiger partial charge is 0.245 e. The Balaban J connectivity index is 2.65. The summed E-state index contributed by atoms with van der Waals surface area (Å²) in [7, 11) is 0. The lowest BCUT2D eigenvalue weighted by Crippen LogP contribution is -2.54. The number of aliphatic imine (C=N–C) groups is 1.